The van der Waals surface area contributed by atoms with E-state index in [9.17, 15) is 4.39 Å². The van der Waals surface area contributed by atoms with Crippen LogP contribution in [0.15, 0.2) is 12.1 Å². The van der Waals surface area contributed by atoms with Crippen LogP contribution in [-0.2, 0) is 0 Å². The summed E-state index contributed by atoms with van der Waals surface area (Å²) in [6, 6.07) is 2.38. The molecule has 0 saturated carbocycles. The molecule has 0 spiro atoms. The summed E-state index contributed by atoms with van der Waals surface area (Å²) in [7, 11) is 0. The summed E-state index contributed by atoms with van der Waals surface area (Å²) in [5, 5.41) is 0.148. The molecule has 1 aromatic carbocycles. The predicted octanol–water partition coefficient (Wildman–Crippen LogP) is 2.42. The number of nitrogens with two attached hydrogens (primary N) is 1. The second-order valence-electron chi connectivity index (χ2n) is 2.26. The minimum absolute atomic E-state index is 0.0164. The van der Waals surface area contributed by atoms with E-state index < -0.39 is 5.82 Å². The fraction of sp³-hybridized carbons (Fsp3) is 0.111. The first-order valence-corrected chi connectivity index (χ1v) is 3.86. The van der Waals surface area contributed by atoms with E-state index in [4.69, 9.17) is 22.1 Å². The van der Waals surface area contributed by atoms with Gasteiger partial charge in [-0.05, 0) is 6.07 Å². The van der Waals surface area contributed by atoms with Gasteiger partial charge in [0.2, 0.25) is 0 Å². The summed E-state index contributed by atoms with van der Waals surface area (Å²) < 4.78 is 17.7. The lowest BCUT2D eigenvalue weighted by Gasteiger charge is -2.02. The molecule has 0 aliphatic heterocycles. The van der Waals surface area contributed by atoms with Gasteiger partial charge in [-0.1, -0.05) is 17.5 Å². The van der Waals surface area contributed by atoms with Gasteiger partial charge in [0, 0.05) is 13.0 Å². The Balaban J connectivity index is 3.05. The SMILES string of the molecule is CC#COc1cc(N)c(F)cc1Cl. The highest BCUT2D eigenvalue weighted by atomic mass is 35.5. The Labute approximate surface area is 80.4 Å². The summed E-state index contributed by atoms with van der Waals surface area (Å²) in [5.41, 5.74) is 5.28. The molecule has 0 saturated heterocycles. The second-order valence-corrected chi connectivity index (χ2v) is 2.67. The third-order valence-electron chi connectivity index (χ3n) is 1.31. The third kappa shape index (κ3) is 2.27. The molecule has 68 valence electrons. The van der Waals surface area contributed by atoms with Gasteiger partial charge in [-0.2, -0.15) is 0 Å². The van der Waals surface area contributed by atoms with E-state index in [0.717, 1.165) is 6.07 Å². The van der Waals surface area contributed by atoms with Crippen LogP contribution in [0.2, 0.25) is 5.02 Å². The first-order valence-electron chi connectivity index (χ1n) is 3.48. The van der Waals surface area contributed by atoms with Gasteiger partial charge in [0.1, 0.15) is 11.9 Å². The smallest absolute Gasteiger partial charge is 0.161 e. The van der Waals surface area contributed by atoms with E-state index in [0.29, 0.717) is 0 Å². The van der Waals surface area contributed by atoms with Gasteiger partial charge in [-0.15, -0.1) is 0 Å². The van der Waals surface area contributed by atoms with Gasteiger partial charge >= 0.3 is 0 Å². The molecule has 2 N–H and O–H groups in total. The summed E-state index contributed by atoms with van der Waals surface area (Å²) >= 11 is 5.65. The number of ether oxygens (including phenoxy) is 1. The molecule has 2 nitrogen and oxygen atoms in total. The fourth-order valence-electron chi connectivity index (χ4n) is 0.729. The number of benzene rings is 1. The summed E-state index contributed by atoms with van der Waals surface area (Å²) in [4.78, 5) is 0. The molecule has 0 aromatic heterocycles. The van der Waals surface area contributed by atoms with Crippen molar-refractivity contribution in [3.8, 4) is 17.8 Å². The number of halogens is 2. The molecule has 0 unspecified atom stereocenters. The molecule has 1 aromatic rings. The Hall–Kier alpha value is -1.40. The average molecular weight is 200 g/mol. The Bertz CT molecular complexity index is 381. The highest BCUT2D eigenvalue weighted by Gasteiger charge is 2.06. The van der Waals surface area contributed by atoms with Crippen molar-refractivity contribution in [2.24, 2.45) is 0 Å². The molecule has 13 heavy (non-hydrogen) atoms. The molecule has 4 heteroatoms. The summed E-state index contributed by atoms with van der Waals surface area (Å²) in [6.45, 7) is 1.61. The van der Waals surface area contributed by atoms with Gasteiger partial charge < -0.3 is 10.5 Å². The van der Waals surface area contributed by atoms with E-state index in [1.54, 1.807) is 6.92 Å². The normalized spacial score (nSPS) is 8.85. The highest BCUT2D eigenvalue weighted by Crippen LogP contribution is 2.28. The Morgan fingerprint density at radius 1 is 1.54 bits per heavy atom. The first-order chi connectivity index (χ1) is 6.15. The quantitative estimate of drug-likeness (QED) is 0.557. The lowest BCUT2D eigenvalue weighted by Crippen LogP contribution is -1.92. The van der Waals surface area contributed by atoms with Crippen LogP contribution in [0.25, 0.3) is 0 Å². The summed E-state index contributed by atoms with van der Waals surface area (Å²) in [6.07, 6.45) is 2.34. The van der Waals surface area contributed by atoms with Crippen molar-refractivity contribution in [3.63, 3.8) is 0 Å². The zero-order chi connectivity index (χ0) is 9.84. The zero-order valence-electron chi connectivity index (χ0n) is 6.90. The van der Waals surface area contributed by atoms with E-state index in [2.05, 4.69) is 12.0 Å². The molecule has 0 heterocycles. The Morgan fingerprint density at radius 3 is 2.85 bits per heavy atom. The van der Waals surface area contributed by atoms with Crippen LogP contribution in [-0.4, -0.2) is 0 Å². The number of hydrogen-bond donors (Lipinski definition) is 1. The second kappa shape index (κ2) is 4.01. The number of rotatable bonds is 1. The van der Waals surface area contributed by atoms with Gasteiger partial charge in [-0.25, -0.2) is 4.39 Å². The number of nitrogen functional groups attached to an aromatic ring is 1. The highest BCUT2D eigenvalue weighted by molar-refractivity contribution is 6.32. The molecular weight excluding hydrogens is 193 g/mol. The van der Waals surface area contributed by atoms with E-state index in [1.165, 1.54) is 6.07 Å². The van der Waals surface area contributed by atoms with Gasteiger partial charge in [0.25, 0.3) is 0 Å². The fourth-order valence-corrected chi connectivity index (χ4v) is 0.918. The largest absolute Gasteiger partial charge is 0.406 e. The van der Waals surface area contributed by atoms with E-state index in [-0.39, 0.29) is 16.5 Å². The van der Waals surface area contributed by atoms with Crippen LogP contribution in [0.5, 0.6) is 5.75 Å². The van der Waals surface area contributed by atoms with Crippen molar-refractivity contribution in [3.05, 3.63) is 23.0 Å². The summed E-state index contributed by atoms with van der Waals surface area (Å²) in [5.74, 6) is 2.20. The number of hydrogen-bond acceptors (Lipinski definition) is 2. The zero-order valence-corrected chi connectivity index (χ0v) is 7.65. The maximum Gasteiger partial charge on any atom is 0.161 e. The van der Waals surface area contributed by atoms with Crippen LogP contribution in [0.4, 0.5) is 10.1 Å². The van der Waals surface area contributed by atoms with Crippen LogP contribution in [0.1, 0.15) is 6.92 Å². The Morgan fingerprint density at radius 2 is 2.23 bits per heavy atom. The topological polar surface area (TPSA) is 35.2 Å². The van der Waals surface area contributed by atoms with Crippen molar-refractivity contribution in [2.45, 2.75) is 6.92 Å². The molecule has 0 aliphatic rings. The first kappa shape index (κ1) is 9.69. The number of anilines is 1. The molecule has 1 rings (SSSR count). The minimum Gasteiger partial charge on any atom is -0.406 e. The van der Waals surface area contributed by atoms with Crippen molar-refractivity contribution in [2.75, 3.05) is 5.73 Å². The molecule has 0 aliphatic carbocycles. The van der Waals surface area contributed by atoms with Crippen molar-refractivity contribution in [1.82, 2.24) is 0 Å². The van der Waals surface area contributed by atoms with Crippen LogP contribution >= 0.6 is 11.6 Å². The molecule has 0 amide bonds. The Kier molecular flexibility index (Phi) is 2.99. The van der Waals surface area contributed by atoms with Gasteiger partial charge in [0.05, 0.1) is 10.7 Å². The van der Waals surface area contributed by atoms with Crippen molar-refractivity contribution >= 4 is 17.3 Å². The van der Waals surface area contributed by atoms with Crippen molar-refractivity contribution in [1.29, 1.82) is 0 Å². The third-order valence-corrected chi connectivity index (χ3v) is 1.61. The minimum atomic E-state index is -0.568. The van der Waals surface area contributed by atoms with E-state index in [1.807, 2.05) is 0 Å². The average Bonchev–Trinajstić information content (AvgIpc) is 2.09. The molecule has 0 fully saturated rings. The van der Waals surface area contributed by atoms with Crippen LogP contribution in [0, 0.1) is 17.8 Å². The van der Waals surface area contributed by atoms with Crippen LogP contribution in [0.3, 0.4) is 0 Å². The molecular formula is C9H7ClFNO. The monoisotopic (exact) mass is 199 g/mol. The lowest BCUT2D eigenvalue weighted by atomic mass is 10.3. The van der Waals surface area contributed by atoms with E-state index >= 15 is 0 Å². The standard InChI is InChI=1S/C9H7ClFNO/c1-2-3-13-9-5-8(12)7(11)4-6(9)10/h4-5H,12H2,1H3. The lowest BCUT2D eigenvalue weighted by molar-refractivity contribution is 0.517. The molecule has 0 bridgehead atoms. The van der Waals surface area contributed by atoms with Crippen LogP contribution < -0.4 is 10.5 Å². The van der Waals surface area contributed by atoms with Crippen molar-refractivity contribution < 1.29 is 9.13 Å². The van der Waals surface area contributed by atoms with Gasteiger partial charge in [-0.3, -0.25) is 0 Å². The maximum atomic E-state index is 12.8. The van der Waals surface area contributed by atoms with Gasteiger partial charge in [0.15, 0.2) is 5.75 Å². The maximum absolute atomic E-state index is 12.8. The molecule has 0 atom stereocenters. The molecule has 0 radical (unpaired) electrons. The predicted molar refractivity (Wildman–Crippen MR) is 49.9 cm³/mol.